The van der Waals surface area contributed by atoms with Gasteiger partial charge in [0.25, 0.3) is 5.91 Å². The van der Waals surface area contributed by atoms with Gasteiger partial charge in [0, 0.05) is 5.92 Å². The zero-order chi connectivity index (χ0) is 14.0. The number of carbonyl (C=O) groups is 1. The van der Waals surface area contributed by atoms with Crippen molar-refractivity contribution in [1.29, 1.82) is 0 Å². The molecule has 2 rings (SSSR count). The van der Waals surface area contributed by atoms with Crippen LogP contribution in [-0.4, -0.2) is 21.1 Å². The molecule has 0 aromatic carbocycles. The summed E-state index contributed by atoms with van der Waals surface area (Å²) in [5, 5.41) is 13.3. The molecule has 19 heavy (non-hydrogen) atoms. The van der Waals surface area contributed by atoms with E-state index in [1.54, 1.807) is 0 Å². The fourth-order valence-corrected chi connectivity index (χ4v) is 3.13. The number of hydrogen-bond donors (Lipinski definition) is 1. The Labute approximate surface area is 120 Å². The zero-order valence-corrected chi connectivity index (χ0v) is 13.0. The number of thiazole rings is 1. The number of amides is 1. The molecule has 5 nitrogen and oxygen atoms in total. The van der Waals surface area contributed by atoms with Gasteiger partial charge in [-0.1, -0.05) is 32.1 Å². The first kappa shape index (κ1) is 14.1. The van der Waals surface area contributed by atoms with Crippen LogP contribution >= 0.6 is 22.7 Å². The second kappa shape index (κ2) is 5.75. The molecule has 2 aromatic heterocycles. The van der Waals surface area contributed by atoms with E-state index in [0.717, 1.165) is 22.1 Å². The average Bonchev–Trinajstić information content (AvgIpc) is 2.95. The molecule has 1 N–H and O–H groups in total. The van der Waals surface area contributed by atoms with Crippen LogP contribution in [0.5, 0.6) is 0 Å². The molecule has 0 fully saturated rings. The first-order valence-corrected chi connectivity index (χ1v) is 7.75. The lowest BCUT2D eigenvalue weighted by Gasteiger charge is -1.98. The smallest absolute Gasteiger partial charge is 0.269 e. The van der Waals surface area contributed by atoms with Gasteiger partial charge in [-0.3, -0.25) is 10.1 Å². The monoisotopic (exact) mass is 296 g/mol. The van der Waals surface area contributed by atoms with Gasteiger partial charge < -0.3 is 0 Å². The van der Waals surface area contributed by atoms with E-state index in [1.165, 1.54) is 22.7 Å². The van der Waals surface area contributed by atoms with Crippen LogP contribution in [0.15, 0.2) is 0 Å². The highest BCUT2D eigenvalue weighted by Crippen LogP contribution is 2.24. The molecule has 0 radical (unpaired) electrons. The minimum atomic E-state index is -0.152. The Balaban J connectivity index is 2.13. The Morgan fingerprint density at radius 2 is 2.05 bits per heavy atom. The molecule has 7 heteroatoms. The molecule has 0 aliphatic heterocycles. The fraction of sp³-hybridized carbons (Fsp3) is 0.500. The van der Waals surface area contributed by atoms with Crippen LogP contribution in [0.2, 0.25) is 0 Å². The Bertz CT molecular complexity index is 588. The molecular weight excluding hydrogens is 280 g/mol. The summed E-state index contributed by atoms with van der Waals surface area (Å²) in [4.78, 5) is 17.1. The normalized spacial score (nSPS) is 11.0. The Morgan fingerprint density at radius 3 is 2.58 bits per heavy atom. The Morgan fingerprint density at radius 1 is 1.32 bits per heavy atom. The number of anilines is 1. The molecule has 0 spiro atoms. The van der Waals surface area contributed by atoms with Crippen LogP contribution in [0, 0.1) is 6.92 Å². The van der Waals surface area contributed by atoms with E-state index < -0.39 is 0 Å². The largest absolute Gasteiger partial charge is 0.296 e. The maximum absolute atomic E-state index is 12.1. The Hall–Kier alpha value is -1.34. The molecule has 0 bridgehead atoms. The van der Waals surface area contributed by atoms with Crippen molar-refractivity contribution in [2.45, 2.75) is 40.0 Å². The van der Waals surface area contributed by atoms with Crippen molar-refractivity contribution in [1.82, 2.24) is 15.2 Å². The molecule has 0 atom stereocenters. The van der Waals surface area contributed by atoms with Crippen molar-refractivity contribution in [3.63, 3.8) is 0 Å². The van der Waals surface area contributed by atoms with E-state index in [9.17, 15) is 4.79 Å². The highest BCUT2D eigenvalue weighted by molar-refractivity contribution is 7.16. The van der Waals surface area contributed by atoms with Gasteiger partial charge in [-0.2, -0.15) is 0 Å². The molecule has 102 valence electrons. The summed E-state index contributed by atoms with van der Waals surface area (Å²) >= 11 is 2.85. The lowest BCUT2D eigenvalue weighted by molar-refractivity contribution is 0.102. The van der Waals surface area contributed by atoms with Crippen LogP contribution < -0.4 is 5.32 Å². The predicted molar refractivity (Wildman–Crippen MR) is 78.2 cm³/mol. The van der Waals surface area contributed by atoms with Crippen LogP contribution in [-0.2, 0) is 6.42 Å². The summed E-state index contributed by atoms with van der Waals surface area (Å²) in [6, 6.07) is 0. The lowest BCUT2D eigenvalue weighted by atomic mass is 10.2. The van der Waals surface area contributed by atoms with Crippen molar-refractivity contribution >= 4 is 33.7 Å². The molecule has 0 saturated carbocycles. The summed E-state index contributed by atoms with van der Waals surface area (Å²) in [6.45, 7) is 7.98. The van der Waals surface area contributed by atoms with E-state index in [1.807, 2.05) is 27.7 Å². The molecule has 0 aliphatic rings. The quantitative estimate of drug-likeness (QED) is 0.940. The van der Waals surface area contributed by atoms with Gasteiger partial charge in [0.2, 0.25) is 5.13 Å². The second-order valence-electron chi connectivity index (χ2n) is 4.43. The predicted octanol–water partition coefficient (Wildman–Crippen LogP) is 3.24. The Kier molecular flexibility index (Phi) is 4.26. The summed E-state index contributed by atoms with van der Waals surface area (Å²) in [6.07, 6.45) is 0.842. The second-order valence-corrected chi connectivity index (χ2v) is 6.52. The summed E-state index contributed by atoms with van der Waals surface area (Å²) in [5.74, 6) is 0.168. The standard InChI is InChI=1S/C12H16N4OS2/c1-5-8-13-7(4)9(18-8)10(17)14-12-16-15-11(19-12)6(2)3/h6H,5H2,1-4H3,(H,14,16,17). The van der Waals surface area contributed by atoms with Crippen LogP contribution in [0.3, 0.4) is 0 Å². The molecular formula is C12H16N4OS2. The van der Waals surface area contributed by atoms with Crippen molar-refractivity contribution in [3.05, 3.63) is 20.6 Å². The van der Waals surface area contributed by atoms with Crippen molar-refractivity contribution in [2.75, 3.05) is 5.32 Å². The molecule has 0 unspecified atom stereocenters. The van der Waals surface area contributed by atoms with E-state index in [-0.39, 0.29) is 5.91 Å². The number of nitrogens with one attached hydrogen (secondary N) is 1. The van der Waals surface area contributed by atoms with E-state index in [4.69, 9.17) is 0 Å². The van der Waals surface area contributed by atoms with E-state index in [0.29, 0.717) is 15.9 Å². The van der Waals surface area contributed by atoms with Gasteiger partial charge in [-0.25, -0.2) is 4.98 Å². The third kappa shape index (κ3) is 3.16. The zero-order valence-electron chi connectivity index (χ0n) is 11.4. The van der Waals surface area contributed by atoms with E-state index >= 15 is 0 Å². The van der Waals surface area contributed by atoms with Gasteiger partial charge in [-0.05, 0) is 13.3 Å². The topological polar surface area (TPSA) is 67.8 Å². The number of aromatic nitrogens is 3. The number of aryl methyl sites for hydroxylation is 2. The summed E-state index contributed by atoms with van der Waals surface area (Å²) in [5.41, 5.74) is 0.771. The number of rotatable bonds is 4. The van der Waals surface area contributed by atoms with Crippen molar-refractivity contribution < 1.29 is 4.79 Å². The minimum absolute atomic E-state index is 0.152. The summed E-state index contributed by atoms with van der Waals surface area (Å²) < 4.78 is 0. The average molecular weight is 296 g/mol. The van der Waals surface area contributed by atoms with Crippen LogP contribution in [0.25, 0.3) is 0 Å². The first-order chi connectivity index (χ1) is 9.01. The van der Waals surface area contributed by atoms with Gasteiger partial charge in [0.05, 0.1) is 10.7 Å². The number of carbonyl (C=O) groups excluding carboxylic acids is 1. The highest BCUT2D eigenvalue weighted by atomic mass is 32.1. The third-order valence-corrected chi connectivity index (χ3v) is 4.94. The molecule has 0 aliphatic carbocycles. The SMILES string of the molecule is CCc1nc(C)c(C(=O)Nc2nnc(C(C)C)s2)s1. The van der Waals surface area contributed by atoms with Gasteiger partial charge in [0.15, 0.2) is 0 Å². The van der Waals surface area contributed by atoms with E-state index in [2.05, 4.69) is 20.5 Å². The molecule has 1 amide bonds. The first-order valence-electron chi connectivity index (χ1n) is 6.12. The summed E-state index contributed by atoms with van der Waals surface area (Å²) in [7, 11) is 0. The van der Waals surface area contributed by atoms with Gasteiger partial charge in [0.1, 0.15) is 9.88 Å². The highest BCUT2D eigenvalue weighted by Gasteiger charge is 2.17. The van der Waals surface area contributed by atoms with Crippen molar-refractivity contribution in [3.8, 4) is 0 Å². The van der Waals surface area contributed by atoms with Gasteiger partial charge >= 0.3 is 0 Å². The molecule has 2 aromatic rings. The minimum Gasteiger partial charge on any atom is -0.296 e. The molecule has 0 saturated heterocycles. The lowest BCUT2D eigenvalue weighted by Crippen LogP contribution is -2.11. The third-order valence-electron chi connectivity index (χ3n) is 2.50. The molecule has 2 heterocycles. The number of nitrogens with zero attached hydrogens (tertiary/aromatic N) is 3. The fourth-order valence-electron chi connectivity index (χ4n) is 1.49. The number of hydrogen-bond acceptors (Lipinski definition) is 6. The van der Waals surface area contributed by atoms with Crippen LogP contribution in [0.4, 0.5) is 5.13 Å². The maximum Gasteiger partial charge on any atom is 0.269 e. The maximum atomic E-state index is 12.1. The van der Waals surface area contributed by atoms with Crippen LogP contribution in [0.1, 0.15) is 52.1 Å². The van der Waals surface area contributed by atoms with Crippen molar-refractivity contribution in [2.24, 2.45) is 0 Å². The van der Waals surface area contributed by atoms with Gasteiger partial charge in [-0.15, -0.1) is 21.5 Å².